The minimum absolute atomic E-state index is 0.730. The molecular weight excluding hydrogens is 248 g/mol. The van der Waals surface area contributed by atoms with Crippen LogP contribution in [0.2, 0.25) is 0 Å². The molecule has 0 amide bonds. The Hall–Kier alpha value is -1.06. The summed E-state index contributed by atoms with van der Waals surface area (Å²) in [6, 6.07) is 9.03. The summed E-state index contributed by atoms with van der Waals surface area (Å²) >= 11 is 0. The lowest BCUT2D eigenvalue weighted by Crippen LogP contribution is -2.38. The molecule has 112 valence electrons. The standard InChI is InChI=1S/C17H28N2O/c1-3-10-19(16-8-9-18-14-16)11-5-12-20-17-7-4-6-15(2)13-17/h4,6-7,13,16,18H,3,5,8-12,14H2,1-2H3. The Morgan fingerprint density at radius 3 is 2.95 bits per heavy atom. The summed E-state index contributed by atoms with van der Waals surface area (Å²) in [6.07, 6.45) is 3.62. The number of aryl methyl sites for hydroxylation is 1. The second kappa shape index (κ2) is 8.28. The molecule has 1 aliphatic rings. The van der Waals surface area contributed by atoms with Gasteiger partial charge < -0.3 is 10.1 Å². The third kappa shape index (κ3) is 4.80. The van der Waals surface area contributed by atoms with Gasteiger partial charge in [-0.3, -0.25) is 4.90 Å². The molecule has 2 rings (SSSR count). The fourth-order valence-electron chi connectivity index (χ4n) is 2.88. The van der Waals surface area contributed by atoms with E-state index in [9.17, 15) is 0 Å². The monoisotopic (exact) mass is 276 g/mol. The number of nitrogens with zero attached hydrogens (tertiary/aromatic N) is 1. The van der Waals surface area contributed by atoms with Crippen molar-refractivity contribution in [1.82, 2.24) is 10.2 Å². The van der Waals surface area contributed by atoms with Crippen molar-refractivity contribution in [2.75, 3.05) is 32.8 Å². The molecule has 0 aliphatic carbocycles. The van der Waals surface area contributed by atoms with Crippen molar-refractivity contribution in [3.63, 3.8) is 0 Å². The minimum atomic E-state index is 0.730. The molecule has 1 N–H and O–H groups in total. The summed E-state index contributed by atoms with van der Waals surface area (Å²) in [5, 5.41) is 3.46. The van der Waals surface area contributed by atoms with Crippen LogP contribution in [-0.2, 0) is 0 Å². The SMILES string of the molecule is CCCN(CCCOc1cccc(C)c1)C1CCNC1. The van der Waals surface area contributed by atoms with Crippen molar-refractivity contribution in [2.45, 2.75) is 39.2 Å². The van der Waals surface area contributed by atoms with Gasteiger partial charge in [-0.15, -0.1) is 0 Å². The topological polar surface area (TPSA) is 24.5 Å². The Balaban J connectivity index is 1.70. The van der Waals surface area contributed by atoms with Crippen molar-refractivity contribution in [2.24, 2.45) is 0 Å². The number of hydrogen-bond acceptors (Lipinski definition) is 3. The van der Waals surface area contributed by atoms with Gasteiger partial charge in [0, 0.05) is 19.1 Å². The molecule has 1 fully saturated rings. The molecule has 1 saturated heterocycles. The Morgan fingerprint density at radius 1 is 1.35 bits per heavy atom. The molecule has 3 heteroatoms. The number of ether oxygens (including phenoxy) is 1. The van der Waals surface area contributed by atoms with Gasteiger partial charge in [0.05, 0.1) is 6.61 Å². The molecule has 1 heterocycles. The van der Waals surface area contributed by atoms with Crippen LogP contribution in [0.1, 0.15) is 31.7 Å². The van der Waals surface area contributed by atoms with E-state index in [1.165, 1.54) is 31.5 Å². The highest BCUT2D eigenvalue weighted by atomic mass is 16.5. The van der Waals surface area contributed by atoms with Gasteiger partial charge in [0.2, 0.25) is 0 Å². The predicted molar refractivity (Wildman–Crippen MR) is 84.4 cm³/mol. The molecule has 1 aromatic carbocycles. The molecule has 0 radical (unpaired) electrons. The molecule has 20 heavy (non-hydrogen) atoms. The maximum Gasteiger partial charge on any atom is 0.119 e. The Bertz CT molecular complexity index is 388. The van der Waals surface area contributed by atoms with Gasteiger partial charge in [-0.2, -0.15) is 0 Å². The molecule has 0 bridgehead atoms. The first kappa shape index (κ1) is 15.3. The zero-order valence-electron chi connectivity index (χ0n) is 12.9. The molecular formula is C17H28N2O. The first-order chi connectivity index (χ1) is 9.79. The van der Waals surface area contributed by atoms with Crippen molar-refractivity contribution in [3.8, 4) is 5.75 Å². The quantitative estimate of drug-likeness (QED) is 0.739. The van der Waals surface area contributed by atoms with E-state index in [-0.39, 0.29) is 0 Å². The maximum absolute atomic E-state index is 5.84. The molecule has 1 aromatic rings. The van der Waals surface area contributed by atoms with Gasteiger partial charge in [-0.05, 0) is 57.0 Å². The van der Waals surface area contributed by atoms with E-state index in [4.69, 9.17) is 4.74 Å². The second-order valence-corrected chi connectivity index (χ2v) is 5.70. The Labute approximate surface area is 123 Å². The van der Waals surface area contributed by atoms with Crippen molar-refractivity contribution >= 4 is 0 Å². The number of nitrogens with one attached hydrogen (secondary N) is 1. The molecule has 0 saturated carbocycles. The number of benzene rings is 1. The van der Waals surface area contributed by atoms with Gasteiger partial charge >= 0.3 is 0 Å². The highest BCUT2D eigenvalue weighted by Gasteiger charge is 2.20. The van der Waals surface area contributed by atoms with Crippen LogP contribution in [0.5, 0.6) is 5.75 Å². The first-order valence-electron chi connectivity index (χ1n) is 7.94. The second-order valence-electron chi connectivity index (χ2n) is 5.70. The van der Waals surface area contributed by atoms with E-state index in [1.807, 2.05) is 6.07 Å². The summed E-state index contributed by atoms with van der Waals surface area (Å²) in [6.45, 7) is 9.84. The molecule has 1 aliphatic heterocycles. The van der Waals surface area contributed by atoms with Crippen molar-refractivity contribution in [1.29, 1.82) is 0 Å². The number of hydrogen-bond donors (Lipinski definition) is 1. The number of rotatable bonds is 8. The van der Waals surface area contributed by atoms with Crippen LogP contribution < -0.4 is 10.1 Å². The van der Waals surface area contributed by atoms with Crippen LogP contribution in [0.3, 0.4) is 0 Å². The van der Waals surface area contributed by atoms with E-state index in [1.54, 1.807) is 0 Å². The minimum Gasteiger partial charge on any atom is -0.494 e. The highest BCUT2D eigenvalue weighted by Crippen LogP contribution is 2.13. The van der Waals surface area contributed by atoms with Gasteiger partial charge in [0.15, 0.2) is 0 Å². The fourth-order valence-corrected chi connectivity index (χ4v) is 2.88. The summed E-state index contributed by atoms with van der Waals surface area (Å²) in [4.78, 5) is 2.62. The van der Waals surface area contributed by atoms with Crippen molar-refractivity contribution < 1.29 is 4.74 Å². The lowest BCUT2D eigenvalue weighted by Gasteiger charge is -2.27. The van der Waals surface area contributed by atoms with Crippen molar-refractivity contribution in [3.05, 3.63) is 29.8 Å². The summed E-state index contributed by atoms with van der Waals surface area (Å²) in [7, 11) is 0. The lowest BCUT2D eigenvalue weighted by molar-refractivity contribution is 0.188. The van der Waals surface area contributed by atoms with Gasteiger partial charge in [0.25, 0.3) is 0 Å². The summed E-state index contributed by atoms with van der Waals surface area (Å²) in [5.41, 5.74) is 1.26. The smallest absolute Gasteiger partial charge is 0.119 e. The van der Waals surface area contributed by atoms with Crippen LogP contribution >= 0.6 is 0 Å². The molecule has 0 spiro atoms. The van der Waals surface area contributed by atoms with Crippen LogP contribution in [0.25, 0.3) is 0 Å². The van der Waals surface area contributed by atoms with E-state index < -0.39 is 0 Å². The maximum atomic E-state index is 5.84. The summed E-state index contributed by atoms with van der Waals surface area (Å²) < 4.78 is 5.84. The predicted octanol–water partition coefficient (Wildman–Crippen LogP) is 2.84. The van der Waals surface area contributed by atoms with E-state index in [0.717, 1.165) is 37.9 Å². The van der Waals surface area contributed by atoms with Crippen LogP contribution in [0.15, 0.2) is 24.3 Å². The molecule has 1 unspecified atom stereocenters. The first-order valence-corrected chi connectivity index (χ1v) is 7.94. The zero-order valence-corrected chi connectivity index (χ0v) is 12.9. The lowest BCUT2D eigenvalue weighted by atomic mass is 10.2. The summed E-state index contributed by atoms with van der Waals surface area (Å²) in [5.74, 6) is 0.995. The normalized spacial score (nSPS) is 18.6. The van der Waals surface area contributed by atoms with E-state index in [0.29, 0.717) is 0 Å². The third-order valence-electron chi connectivity index (χ3n) is 3.91. The largest absolute Gasteiger partial charge is 0.494 e. The Kier molecular flexibility index (Phi) is 6.34. The molecule has 3 nitrogen and oxygen atoms in total. The third-order valence-corrected chi connectivity index (χ3v) is 3.91. The fraction of sp³-hybridized carbons (Fsp3) is 0.647. The average Bonchev–Trinajstić information content (AvgIpc) is 2.96. The molecule has 1 atom stereocenters. The van der Waals surface area contributed by atoms with Gasteiger partial charge in [-0.25, -0.2) is 0 Å². The average molecular weight is 276 g/mol. The molecule has 0 aromatic heterocycles. The highest BCUT2D eigenvalue weighted by molar-refractivity contribution is 5.27. The zero-order chi connectivity index (χ0) is 14.2. The Morgan fingerprint density at radius 2 is 2.25 bits per heavy atom. The van der Waals surface area contributed by atoms with Crippen LogP contribution in [-0.4, -0.2) is 43.7 Å². The van der Waals surface area contributed by atoms with E-state index >= 15 is 0 Å². The van der Waals surface area contributed by atoms with Gasteiger partial charge in [0.1, 0.15) is 5.75 Å². The van der Waals surface area contributed by atoms with Crippen LogP contribution in [0, 0.1) is 6.92 Å². The van der Waals surface area contributed by atoms with E-state index in [2.05, 4.69) is 42.3 Å². The van der Waals surface area contributed by atoms with Crippen LogP contribution in [0.4, 0.5) is 0 Å². The van der Waals surface area contributed by atoms with Gasteiger partial charge in [-0.1, -0.05) is 19.1 Å².